The number of imidazole rings is 1. The van der Waals surface area contributed by atoms with E-state index in [1.54, 1.807) is 12.5 Å². The minimum Gasteiger partial charge on any atom is -0.394 e. The monoisotopic (exact) mass is 708 g/mol. The number of ether oxygens (including phenoxy) is 1. The van der Waals surface area contributed by atoms with Crippen molar-refractivity contribution in [1.82, 2.24) is 9.97 Å². The molecule has 0 amide bonds. The predicted molar refractivity (Wildman–Crippen MR) is 218 cm³/mol. The Morgan fingerprint density at radius 3 is 1.26 bits per heavy atom. The summed E-state index contributed by atoms with van der Waals surface area (Å²) < 4.78 is 6.03. The number of nitrogens with zero attached hydrogens (tertiary/aromatic N) is 1. The number of aliphatic hydroxyl groups excluding tert-OH is 2. The van der Waals surface area contributed by atoms with Crippen molar-refractivity contribution in [2.24, 2.45) is 5.73 Å². The van der Waals surface area contributed by atoms with Gasteiger partial charge in [-0.2, -0.15) is 0 Å². The molecule has 50 heavy (non-hydrogen) atoms. The normalized spacial score (nSPS) is 12.6. The van der Waals surface area contributed by atoms with Gasteiger partial charge in [-0.3, -0.25) is 0 Å². The lowest BCUT2D eigenvalue weighted by atomic mass is 10.0. The first-order valence-corrected chi connectivity index (χ1v) is 22.3. The van der Waals surface area contributed by atoms with E-state index in [-0.39, 0.29) is 12.7 Å². The molecule has 1 rings (SSSR count). The van der Waals surface area contributed by atoms with Crippen LogP contribution in [0.1, 0.15) is 231 Å². The Bertz CT molecular complexity index is 717. The van der Waals surface area contributed by atoms with Crippen LogP contribution < -0.4 is 5.73 Å². The fraction of sp³-hybridized carbons (Fsp3) is 0.932. The fourth-order valence-corrected chi connectivity index (χ4v) is 6.86. The number of rotatable bonds is 39. The summed E-state index contributed by atoms with van der Waals surface area (Å²) in [6.07, 6.45) is 48.2. The van der Waals surface area contributed by atoms with Gasteiger partial charge < -0.3 is 25.7 Å². The third kappa shape index (κ3) is 36.8. The van der Waals surface area contributed by atoms with Crippen LogP contribution in [-0.2, 0) is 11.2 Å². The van der Waals surface area contributed by atoms with Gasteiger partial charge in [-0.25, -0.2) is 4.98 Å². The maximum absolute atomic E-state index is 10.2. The van der Waals surface area contributed by atoms with E-state index in [2.05, 4.69) is 23.8 Å². The van der Waals surface area contributed by atoms with Gasteiger partial charge in [0.2, 0.25) is 0 Å². The highest BCUT2D eigenvalue weighted by atomic mass is 16.5. The van der Waals surface area contributed by atoms with E-state index in [1.807, 2.05) is 0 Å². The maximum Gasteiger partial charge on any atom is 0.103 e. The predicted octanol–water partition coefficient (Wildman–Crippen LogP) is 12.5. The summed E-state index contributed by atoms with van der Waals surface area (Å²) in [5.41, 5.74) is 6.38. The Labute approximate surface area is 312 Å². The highest BCUT2D eigenvalue weighted by molar-refractivity contribution is 4.93. The topological polar surface area (TPSA) is 104 Å². The van der Waals surface area contributed by atoms with Crippen molar-refractivity contribution in [2.75, 3.05) is 19.8 Å². The van der Waals surface area contributed by atoms with Crippen LogP contribution in [0.3, 0.4) is 0 Å². The summed E-state index contributed by atoms with van der Waals surface area (Å²) in [5, 5.41) is 19.7. The molecule has 0 saturated carbocycles. The van der Waals surface area contributed by atoms with Crippen LogP contribution in [0.15, 0.2) is 12.5 Å². The van der Waals surface area contributed by atoms with E-state index in [4.69, 9.17) is 10.5 Å². The molecular formula is C44H89N3O3. The molecule has 5 N–H and O–H groups in total. The van der Waals surface area contributed by atoms with Crippen molar-refractivity contribution in [2.45, 2.75) is 244 Å². The smallest absolute Gasteiger partial charge is 0.103 e. The highest BCUT2D eigenvalue weighted by Crippen LogP contribution is 2.17. The first-order valence-electron chi connectivity index (χ1n) is 22.3. The third-order valence-corrected chi connectivity index (χ3v) is 10.3. The van der Waals surface area contributed by atoms with Gasteiger partial charge in [0.1, 0.15) is 6.10 Å². The molecule has 6 heteroatoms. The van der Waals surface area contributed by atoms with Gasteiger partial charge in [0.05, 0.1) is 19.0 Å². The number of nitrogens with two attached hydrogens (primary N) is 1. The molecule has 2 atom stereocenters. The Hall–Kier alpha value is -0.950. The van der Waals surface area contributed by atoms with E-state index in [0.29, 0.717) is 6.54 Å². The number of H-pyrrole nitrogens is 1. The zero-order chi connectivity index (χ0) is 36.4. The number of aromatic nitrogens is 2. The van der Waals surface area contributed by atoms with Crippen LogP contribution in [0.25, 0.3) is 0 Å². The quantitative estimate of drug-likeness (QED) is 0.0510. The summed E-state index contributed by atoms with van der Waals surface area (Å²) in [4.78, 5) is 6.78. The Kier molecular flexibility index (Phi) is 41.7. The van der Waals surface area contributed by atoms with E-state index >= 15 is 0 Å². The van der Waals surface area contributed by atoms with Crippen molar-refractivity contribution in [1.29, 1.82) is 0 Å². The lowest BCUT2D eigenvalue weighted by Crippen LogP contribution is -2.32. The molecule has 1 aromatic heterocycles. The molecule has 298 valence electrons. The summed E-state index contributed by atoms with van der Waals surface area (Å²) in [5.74, 6) is 0. The number of aliphatic hydroxyl groups is 2. The molecule has 0 fully saturated rings. The molecule has 0 aliphatic heterocycles. The number of hydrogen-bond acceptors (Lipinski definition) is 5. The van der Waals surface area contributed by atoms with Crippen molar-refractivity contribution >= 4 is 0 Å². The summed E-state index contributed by atoms with van der Waals surface area (Å²) in [7, 11) is 0. The average Bonchev–Trinajstić information content (AvgIpc) is 3.65. The van der Waals surface area contributed by atoms with E-state index in [9.17, 15) is 10.2 Å². The molecule has 0 bridgehead atoms. The zero-order valence-corrected chi connectivity index (χ0v) is 33.8. The fourth-order valence-electron chi connectivity index (χ4n) is 6.86. The molecule has 0 saturated heterocycles. The average molecular weight is 708 g/mol. The largest absolute Gasteiger partial charge is 0.394 e. The van der Waals surface area contributed by atoms with Gasteiger partial charge in [0.25, 0.3) is 0 Å². The van der Waals surface area contributed by atoms with E-state index in [0.717, 1.165) is 38.0 Å². The standard InChI is InChI=1S/C39H80O3.C5H9N3/c1-3-5-7-9-11-13-15-17-19-21-23-25-27-29-31-33-35-39(38(41)37-40)42-36-34-32-30-28-26-24-22-20-18-16-14-12-10-8-6-4-2;6-2-1-5-3-7-4-8-5/h38-41H,3-37H2,1-2H3;3-4H,1-2,6H2,(H,7,8). The molecule has 6 nitrogen and oxygen atoms in total. The van der Waals surface area contributed by atoms with Gasteiger partial charge >= 0.3 is 0 Å². The Morgan fingerprint density at radius 2 is 0.940 bits per heavy atom. The first-order chi connectivity index (χ1) is 24.7. The molecule has 2 unspecified atom stereocenters. The van der Waals surface area contributed by atoms with Crippen molar-refractivity contribution in [3.63, 3.8) is 0 Å². The van der Waals surface area contributed by atoms with Gasteiger partial charge in [-0.15, -0.1) is 0 Å². The summed E-state index contributed by atoms with van der Waals surface area (Å²) in [6, 6.07) is 0. The van der Waals surface area contributed by atoms with Crippen LogP contribution in [0, 0.1) is 0 Å². The SMILES string of the molecule is CCCCCCCCCCCCCCCCCCOC(CCCCCCCCCCCCCCCCCC)C(O)CO.NCCc1cnc[nH]1. The third-order valence-electron chi connectivity index (χ3n) is 10.3. The number of aromatic amines is 1. The zero-order valence-electron chi connectivity index (χ0n) is 33.8. The van der Waals surface area contributed by atoms with Crippen LogP contribution in [0.4, 0.5) is 0 Å². The second-order valence-electron chi connectivity index (χ2n) is 15.2. The lowest BCUT2D eigenvalue weighted by Gasteiger charge is -2.22. The number of unbranched alkanes of at least 4 members (excludes halogenated alkanes) is 30. The second kappa shape index (κ2) is 42.5. The maximum atomic E-state index is 10.2. The molecular weight excluding hydrogens is 619 g/mol. The van der Waals surface area contributed by atoms with Crippen LogP contribution in [0.5, 0.6) is 0 Å². The second-order valence-corrected chi connectivity index (χ2v) is 15.2. The number of nitrogens with one attached hydrogen (secondary N) is 1. The number of hydrogen-bond donors (Lipinski definition) is 4. The van der Waals surface area contributed by atoms with E-state index in [1.165, 1.54) is 193 Å². The minimum absolute atomic E-state index is 0.192. The molecule has 1 heterocycles. The minimum atomic E-state index is -0.734. The molecule has 0 radical (unpaired) electrons. The van der Waals surface area contributed by atoms with Gasteiger partial charge in [0, 0.05) is 24.9 Å². The van der Waals surface area contributed by atoms with Crippen molar-refractivity contribution < 1.29 is 14.9 Å². The highest BCUT2D eigenvalue weighted by Gasteiger charge is 2.18. The Balaban J connectivity index is 0.00000260. The molecule has 0 aliphatic carbocycles. The summed E-state index contributed by atoms with van der Waals surface area (Å²) in [6.45, 7) is 5.79. The lowest BCUT2D eigenvalue weighted by molar-refractivity contribution is -0.0629. The van der Waals surface area contributed by atoms with Crippen LogP contribution in [0.2, 0.25) is 0 Å². The van der Waals surface area contributed by atoms with Crippen LogP contribution >= 0.6 is 0 Å². The Morgan fingerprint density at radius 1 is 0.580 bits per heavy atom. The van der Waals surface area contributed by atoms with Gasteiger partial charge in [-0.05, 0) is 19.4 Å². The van der Waals surface area contributed by atoms with Gasteiger partial charge in [0.15, 0.2) is 0 Å². The molecule has 0 spiro atoms. The first kappa shape index (κ1) is 49.0. The van der Waals surface area contributed by atoms with Crippen LogP contribution in [-0.4, -0.2) is 52.1 Å². The van der Waals surface area contributed by atoms with Gasteiger partial charge in [-0.1, -0.05) is 213 Å². The van der Waals surface area contributed by atoms with Crippen molar-refractivity contribution in [3.8, 4) is 0 Å². The van der Waals surface area contributed by atoms with E-state index < -0.39 is 6.10 Å². The summed E-state index contributed by atoms with van der Waals surface area (Å²) >= 11 is 0. The molecule has 1 aromatic rings. The molecule has 0 aliphatic rings. The molecule has 0 aromatic carbocycles. The van der Waals surface area contributed by atoms with Crippen molar-refractivity contribution in [3.05, 3.63) is 18.2 Å².